The average molecular weight is 205 g/mol. The number of hydroxylamine groups is 1. The van der Waals surface area contributed by atoms with Crippen LogP contribution in [0.5, 0.6) is 0 Å². The van der Waals surface area contributed by atoms with Gasteiger partial charge in [0.1, 0.15) is 0 Å². The van der Waals surface area contributed by atoms with Crippen LogP contribution in [0.25, 0.3) is 0 Å². The van der Waals surface area contributed by atoms with E-state index in [1.807, 2.05) is 0 Å². The second kappa shape index (κ2) is 5.53. The summed E-state index contributed by atoms with van der Waals surface area (Å²) in [5.74, 6) is -2.59. The number of carboxylic acid groups (broad SMARTS) is 1. The Balaban J connectivity index is 4.40. The number of carbonyl (C=O) groups excluding carboxylic acids is 1. The minimum Gasteiger partial charge on any atom is -0.479 e. The van der Waals surface area contributed by atoms with Crippen LogP contribution in [-0.4, -0.2) is 34.3 Å². The Bertz CT molecular complexity index is 221. The number of nitrogens with one attached hydrogen (secondary N) is 1. The van der Waals surface area contributed by atoms with Crippen LogP contribution in [0.3, 0.4) is 0 Å². The molecule has 7 N–H and O–H groups in total. The number of nitrogens with two attached hydrogens (primary N) is 2. The Labute approximate surface area is 81.0 Å². The summed E-state index contributed by atoms with van der Waals surface area (Å²) in [5, 5.41) is 17.0. The van der Waals surface area contributed by atoms with Crippen molar-refractivity contribution in [2.45, 2.75) is 24.8 Å². The largest absolute Gasteiger partial charge is 0.479 e. The van der Waals surface area contributed by atoms with E-state index in [1.165, 1.54) is 5.48 Å². The molecule has 0 aromatic rings. The lowest BCUT2D eigenvalue weighted by atomic mass is 9.93. The monoisotopic (exact) mass is 205 g/mol. The highest BCUT2D eigenvalue weighted by atomic mass is 16.5. The van der Waals surface area contributed by atoms with Crippen molar-refractivity contribution in [3.63, 3.8) is 0 Å². The zero-order valence-corrected chi connectivity index (χ0v) is 7.69. The molecule has 0 aliphatic rings. The number of hydrogen-bond acceptors (Lipinski definition) is 5. The number of carbonyl (C=O) groups is 2. The zero-order valence-electron chi connectivity index (χ0n) is 7.69. The van der Waals surface area contributed by atoms with Crippen LogP contribution < -0.4 is 16.9 Å². The van der Waals surface area contributed by atoms with Crippen molar-refractivity contribution >= 4 is 11.9 Å². The van der Waals surface area contributed by atoms with Crippen LogP contribution in [0.2, 0.25) is 0 Å². The first-order valence-corrected chi connectivity index (χ1v) is 4.16. The van der Waals surface area contributed by atoms with Gasteiger partial charge in [0.2, 0.25) is 0 Å². The predicted octanol–water partition coefficient (Wildman–Crippen LogP) is -1.60. The van der Waals surface area contributed by atoms with E-state index in [4.69, 9.17) is 21.8 Å². The first-order chi connectivity index (χ1) is 6.49. The second-order valence-corrected chi connectivity index (χ2v) is 2.96. The van der Waals surface area contributed by atoms with Crippen molar-refractivity contribution < 1.29 is 19.9 Å². The first kappa shape index (κ1) is 12.8. The maximum atomic E-state index is 11.0. The molecule has 0 bridgehead atoms. The molecule has 0 radical (unpaired) electrons. The molecule has 7 nitrogen and oxygen atoms in total. The van der Waals surface area contributed by atoms with E-state index < -0.39 is 17.4 Å². The standard InChI is InChI=1S/C7H15N3O4/c8-4-2-1-3-7(9,6(12)13)5(11)10-14/h14H,1-4,8-9H2,(H,10,11)(H,12,13). The van der Waals surface area contributed by atoms with Gasteiger partial charge in [0.05, 0.1) is 0 Å². The van der Waals surface area contributed by atoms with Crippen LogP contribution in [0.1, 0.15) is 19.3 Å². The van der Waals surface area contributed by atoms with Crippen LogP contribution in [0.15, 0.2) is 0 Å². The van der Waals surface area contributed by atoms with Gasteiger partial charge in [0.25, 0.3) is 5.91 Å². The Morgan fingerprint density at radius 3 is 2.29 bits per heavy atom. The number of aliphatic carboxylic acids is 1. The average Bonchev–Trinajstić information content (AvgIpc) is 2.16. The zero-order chi connectivity index (χ0) is 11.2. The fraction of sp³-hybridized carbons (Fsp3) is 0.714. The van der Waals surface area contributed by atoms with E-state index in [1.54, 1.807) is 0 Å². The third-order valence-electron chi connectivity index (χ3n) is 1.91. The van der Waals surface area contributed by atoms with Gasteiger partial charge in [0.15, 0.2) is 5.54 Å². The van der Waals surface area contributed by atoms with Crippen molar-refractivity contribution in [2.24, 2.45) is 11.5 Å². The van der Waals surface area contributed by atoms with Gasteiger partial charge in [-0.3, -0.25) is 10.0 Å². The molecule has 7 heteroatoms. The molecular formula is C7H15N3O4. The number of amides is 1. The highest BCUT2D eigenvalue weighted by Gasteiger charge is 2.41. The Morgan fingerprint density at radius 1 is 1.36 bits per heavy atom. The molecule has 0 aromatic heterocycles. The summed E-state index contributed by atoms with van der Waals surface area (Å²) in [6.45, 7) is 0.399. The smallest absolute Gasteiger partial charge is 0.333 e. The molecule has 14 heavy (non-hydrogen) atoms. The van der Waals surface area contributed by atoms with Crippen LogP contribution >= 0.6 is 0 Å². The molecule has 0 saturated heterocycles. The molecule has 0 heterocycles. The molecule has 0 saturated carbocycles. The highest BCUT2D eigenvalue weighted by Crippen LogP contribution is 2.11. The maximum absolute atomic E-state index is 11.0. The molecule has 82 valence electrons. The maximum Gasteiger partial charge on any atom is 0.333 e. The van der Waals surface area contributed by atoms with Crippen molar-refractivity contribution in [2.75, 3.05) is 6.54 Å². The summed E-state index contributed by atoms with van der Waals surface area (Å²) >= 11 is 0. The van der Waals surface area contributed by atoms with Gasteiger partial charge in [-0.15, -0.1) is 0 Å². The van der Waals surface area contributed by atoms with Gasteiger partial charge in [-0.25, -0.2) is 10.3 Å². The molecule has 1 atom stereocenters. The van der Waals surface area contributed by atoms with E-state index in [-0.39, 0.29) is 6.42 Å². The van der Waals surface area contributed by atoms with Crippen molar-refractivity contribution in [3.8, 4) is 0 Å². The van der Waals surface area contributed by atoms with Crippen molar-refractivity contribution in [3.05, 3.63) is 0 Å². The Hall–Kier alpha value is -1.18. The molecule has 1 unspecified atom stereocenters. The van der Waals surface area contributed by atoms with E-state index in [0.29, 0.717) is 19.4 Å². The molecule has 1 amide bonds. The fourth-order valence-electron chi connectivity index (χ4n) is 0.966. The number of hydrogen-bond donors (Lipinski definition) is 5. The highest BCUT2D eigenvalue weighted by molar-refractivity contribution is 6.05. The summed E-state index contributed by atoms with van der Waals surface area (Å²) in [7, 11) is 0. The summed E-state index contributed by atoms with van der Waals surface area (Å²) in [5.41, 5.74) is 9.69. The van der Waals surface area contributed by atoms with Crippen LogP contribution in [0, 0.1) is 0 Å². The van der Waals surface area contributed by atoms with E-state index in [9.17, 15) is 9.59 Å². The summed E-state index contributed by atoms with van der Waals surface area (Å²) in [6.07, 6.45) is 0.920. The number of rotatable bonds is 6. The molecule has 0 fully saturated rings. The van der Waals surface area contributed by atoms with Gasteiger partial charge in [-0.2, -0.15) is 0 Å². The molecule has 0 rings (SSSR count). The van der Waals surface area contributed by atoms with Gasteiger partial charge < -0.3 is 16.6 Å². The molecule has 0 aromatic carbocycles. The fourth-order valence-corrected chi connectivity index (χ4v) is 0.966. The van der Waals surface area contributed by atoms with Crippen LogP contribution in [-0.2, 0) is 9.59 Å². The summed E-state index contributed by atoms with van der Waals surface area (Å²) < 4.78 is 0. The molecule has 0 aliphatic heterocycles. The van der Waals surface area contributed by atoms with Crippen molar-refractivity contribution in [1.29, 1.82) is 0 Å². The Kier molecular flexibility index (Phi) is 5.06. The Morgan fingerprint density at radius 2 is 1.93 bits per heavy atom. The van der Waals surface area contributed by atoms with Crippen molar-refractivity contribution in [1.82, 2.24) is 5.48 Å². The van der Waals surface area contributed by atoms with E-state index in [0.717, 1.165) is 0 Å². The first-order valence-electron chi connectivity index (χ1n) is 4.16. The topological polar surface area (TPSA) is 139 Å². The van der Waals surface area contributed by atoms with E-state index >= 15 is 0 Å². The van der Waals surface area contributed by atoms with Gasteiger partial charge in [0, 0.05) is 0 Å². The third kappa shape index (κ3) is 2.95. The van der Waals surface area contributed by atoms with E-state index in [2.05, 4.69) is 0 Å². The normalized spacial score (nSPS) is 14.5. The predicted molar refractivity (Wildman–Crippen MR) is 47.4 cm³/mol. The summed E-state index contributed by atoms with van der Waals surface area (Å²) in [6, 6.07) is 0. The lowest BCUT2D eigenvalue weighted by Crippen LogP contribution is -2.59. The molecule has 0 aliphatic carbocycles. The SMILES string of the molecule is NCCCCC(N)(C(=O)O)C(=O)NO. The quantitative estimate of drug-likeness (QED) is 0.153. The summed E-state index contributed by atoms with van der Waals surface area (Å²) in [4.78, 5) is 21.7. The number of carboxylic acids is 1. The second-order valence-electron chi connectivity index (χ2n) is 2.96. The minimum absolute atomic E-state index is 0.0636. The van der Waals surface area contributed by atoms with Gasteiger partial charge >= 0.3 is 5.97 Å². The third-order valence-corrected chi connectivity index (χ3v) is 1.91. The number of unbranched alkanes of at least 4 members (excludes halogenated alkanes) is 1. The molecular weight excluding hydrogens is 190 g/mol. The lowest BCUT2D eigenvalue weighted by molar-refractivity contribution is -0.152. The molecule has 0 spiro atoms. The lowest BCUT2D eigenvalue weighted by Gasteiger charge is -2.21. The van der Waals surface area contributed by atoms with Crippen LogP contribution in [0.4, 0.5) is 0 Å². The van der Waals surface area contributed by atoms with Gasteiger partial charge in [-0.05, 0) is 25.8 Å². The minimum atomic E-state index is -2.08. The van der Waals surface area contributed by atoms with Gasteiger partial charge in [-0.1, -0.05) is 0 Å².